The van der Waals surface area contributed by atoms with Crippen LogP contribution in [0.15, 0.2) is 24.3 Å². The molecule has 76 valence electrons. The summed E-state index contributed by atoms with van der Waals surface area (Å²) in [5.74, 6) is -0.165. The molecule has 3 heteroatoms. The molecule has 0 unspecified atom stereocenters. The highest BCUT2D eigenvalue weighted by Gasteiger charge is 2.23. The average molecular weight is 193 g/mol. The van der Waals surface area contributed by atoms with E-state index in [1.807, 2.05) is 12.1 Å². The molecule has 0 atom stereocenters. The van der Waals surface area contributed by atoms with Gasteiger partial charge >= 0.3 is 0 Å². The first-order chi connectivity index (χ1) is 6.71. The Kier molecular flexibility index (Phi) is 2.52. The molecule has 1 saturated heterocycles. The summed E-state index contributed by atoms with van der Waals surface area (Å²) in [6, 6.07) is 6.82. The van der Waals surface area contributed by atoms with Crippen molar-refractivity contribution in [3.63, 3.8) is 0 Å². The van der Waals surface area contributed by atoms with Gasteiger partial charge in [-0.05, 0) is 12.1 Å². The number of halogens is 1. The van der Waals surface area contributed by atoms with Crippen LogP contribution < -0.4 is 4.48 Å². The predicted octanol–water partition coefficient (Wildman–Crippen LogP) is 2.15. The van der Waals surface area contributed by atoms with Gasteiger partial charge in [-0.25, -0.2) is 4.39 Å². The van der Waals surface area contributed by atoms with Crippen molar-refractivity contribution in [2.24, 2.45) is 0 Å². The third kappa shape index (κ3) is 1.79. The highest BCUT2D eigenvalue weighted by Crippen LogP contribution is 2.23. The van der Waals surface area contributed by atoms with Crippen LogP contribution in [-0.2, 0) is 0 Å². The zero-order valence-corrected chi connectivity index (χ0v) is 8.41. The average Bonchev–Trinajstić information content (AvgIpc) is 2.19. The van der Waals surface area contributed by atoms with Crippen LogP contribution in [0.5, 0.6) is 0 Å². The van der Waals surface area contributed by atoms with E-state index < -0.39 is 0 Å². The molecule has 0 aromatic heterocycles. The molecule has 1 aliphatic rings. The first-order valence-corrected chi connectivity index (χ1v) is 4.95. The molecule has 1 fully saturated rings. The van der Waals surface area contributed by atoms with Crippen LogP contribution in [0.25, 0.3) is 5.32 Å². The summed E-state index contributed by atoms with van der Waals surface area (Å²) in [4.78, 5) is 0. The van der Waals surface area contributed by atoms with E-state index in [0.717, 1.165) is 30.7 Å². The molecular weight excluding hydrogens is 178 g/mol. The summed E-state index contributed by atoms with van der Waals surface area (Å²) < 4.78 is 13.6. The van der Waals surface area contributed by atoms with E-state index in [0.29, 0.717) is 0 Å². The monoisotopic (exact) mass is 193 g/mol. The Hall–Kier alpha value is -0.930. The van der Waals surface area contributed by atoms with Crippen LogP contribution in [0.3, 0.4) is 0 Å². The summed E-state index contributed by atoms with van der Waals surface area (Å²) in [5, 5.41) is 4.33. The van der Waals surface area contributed by atoms with Gasteiger partial charge in [-0.15, -0.1) is 0 Å². The third-order valence-electron chi connectivity index (χ3n) is 2.95. The lowest BCUT2D eigenvalue weighted by Gasteiger charge is -2.43. The Labute approximate surface area is 83.9 Å². The molecule has 0 saturated carbocycles. The van der Waals surface area contributed by atoms with E-state index in [4.69, 9.17) is 0 Å². The van der Waals surface area contributed by atoms with Gasteiger partial charge in [0.2, 0.25) is 0 Å². The van der Waals surface area contributed by atoms with Gasteiger partial charge in [-0.3, -0.25) is 4.48 Å². The summed E-state index contributed by atoms with van der Waals surface area (Å²) in [6.07, 6.45) is 0. The van der Waals surface area contributed by atoms with Crippen molar-refractivity contribution >= 4 is 5.69 Å². The van der Waals surface area contributed by atoms with E-state index in [-0.39, 0.29) is 5.82 Å². The van der Waals surface area contributed by atoms with Crippen molar-refractivity contribution in [1.82, 2.24) is 4.48 Å². The molecule has 1 heterocycles. The van der Waals surface area contributed by atoms with Crippen LogP contribution in [0.4, 0.5) is 10.1 Å². The van der Waals surface area contributed by atoms with Crippen molar-refractivity contribution in [3.8, 4) is 0 Å². The molecule has 0 spiro atoms. The lowest BCUT2D eigenvalue weighted by molar-refractivity contribution is 0.334. The molecule has 0 N–H and O–H groups in total. The van der Waals surface area contributed by atoms with Crippen molar-refractivity contribution in [2.75, 3.05) is 33.2 Å². The number of hydrogen-bond donors (Lipinski definition) is 0. The molecule has 0 amide bonds. The van der Waals surface area contributed by atoms with E-state index in [2.05, 4.69) is 12.4 Å². The highest BCUT2D eigenvalue weighted by molar-refractivity contribution is 5.43. The van der Waals surface area contributed by atoms with Crippen molar-refractivity contribution in [3.05, 3.63) is 35.4 Å². The standard InChI is InChI=1S/C11H15FN2/c1-14(8-6-13-7-9-14)11-4-2-10(12)3-5-11/h2-5H,6-9H2,1H3/i12-1. The summed E-state index contributed by atoms with van der Waals surface area (Å²) in [7, 11) is 2.18. The Morgan fingerprint density at radius 2 is 1.71 bits per heavy atom. The normalized spacial score (nSPS) is 20.7. The fraction of sp³-hybridized carbons (Fsp3) is 0.455. The molecule has 1 aliphatic heterocycles. The topological polar surface area (TPSA) is 14.1 Å². The Bertz CT molecular complexity index is 302. The van der Waals surface area contributed by atoms with Gasteiger partial charge in [0.25, 0.3) is 0 Å². The maximum atomic E-state index is 12.8. The predicted molar refractivity (Wildman–Crippen MR) is 56.9 cm³/mol. The maximum Gasteiger partial charge on any atom is 0.132 e. The van der Waals surface area contributed by atoms with E-state index in [9.17, 15) is 4.39 Å². The van der Waals surface area contributed by atoms with Crippen LogP contribution >= 0.6 is 0 Å². The number of benzene rings is 1. The molecule has 2 nitrogen and oxygen atoms in total. The zero-order chi connectivity index (χ0) is 10.0. The Morgan fingerprint density at radius 1 is 1.14 bits per heavy atom. The number of nitrogens with zero attached hydrogens (tertiary/aromatic N) is 2. The summed E-state index contributed by atoms with van der Waals surface area (Å²) >= 11 is 0. The number of likely N-dealkylation sites (N-methyl/N-ethyl adjacent to an activating group) is 1. The van der Waals surface area contributed by atoms with Crippen LogP contribution in [0.1, 0.15) is 0 Å². The van der Waals surface area contributed by atoms with Crippen LogP contribution in [-0.4, -0.2) is 33.2 Å². The van der Waals surface area contributed by atoms with Crippen LogP contribution in [0.2, 0.25) is 0 Å². The molecule has 1 aromatic rings. The second-order valence-electron chi connectivity index (χ2n) is 3.99. The second kappa shape index (κ2) is 3.67. The third-order valence-corrected chi connectivity index (χ3v) is 2.95. The smallest absolute Gasteiger partial charge is 0.132 e. The van der Waals surface area contributed by atoms with Crippen molar-refractivity contribution in [1.29, 1.82) is 0 Å². The minimum absolute atomic E-state index is 0.165. The van der Waals surface area contributed by atoms with Crippen molar-refractivity contribution in [2.45, 2.75) is 0 Å². The lowest BCUT2D eigenvalue weighted by Crippen LogP contribution is -2.51. The summed E-state index contributed by atoms with van der Waals surface area (Å²) in [5.41, 5.74) is 1.18. The fourth-order valence-corrected chi connectivity index (χ4v) is 1.87. The van der Waals surface area contributed by atoms with Gasteiger partial charge in [0.1, 0.15) is 11.5 Å². The maximum absolute atomic E-state index is 12.8. The van der Waals surface area contributed by atoms with Gasteiger partial charge in [-0.2, -0.15) is 0 Å². The first-order valence-electron chi connectivity index (χ1n) is 4.95. The quantitative estimate of drug-likeness (QED) is 0.607. The van der Waals surface area contributed by atoms with Gasteiger partial charge in [-0.1, -0.05) is 13.1 Å². The fourth-order valence-electron chi connectivity index (χ4n) is 1.87. The molecule has 2 rings (SSSR count). The van der Waals surface area contributed by atoms with Gasteiger partial charge < -0.3 is 5.32 Å². The minimum Gasteiger partial charge on any atom is -0.653 e. The Balaban J connectivity index is 2.23. The SMILES string of the molecule is C[N+]1(c2ccc([18F])cc2)CC[N-]CC1. The minimum atomic E-state index is -0.165. The van der Waals surface area contributed by atoms with E-state index >= 15 is 0 Å². The number of hydrogen-bond acceptors (Lipinski definition) is 0. The van der Waals surface area contributed by atoms with E-state index in [1.54, 1.807) is 0 Å². The van der Waals surface area contributed by atoms with Gasteiger partial charge in [0, 0.05) is 12.1 Å². The van der Waals surface area contributed by atoms with Gasteiger partial charge in [0.15, 0.2) is 0 Å². The Morgan fingerprint density at radius 3 is 2.29 bits per heavy atom. The molecule has 0 aliphatic carbocycles. The molecule has 1 aromatic carbocycles. The van der Waals surface area contributed by atoms with E-state index in [1.165, 1.54) is 17.8 Å². The summed E-state index contributed by atoms with van der Waals surface area (Å²) in [6.45, 7) is 3.86. The second-order valence-corrected chi connectivity index (χ2v) is 3.99. The number of piperazine rings is 1. The first kappa shape index (κ1) is 9.62. The van der Waals surface area contributed by atoms with Crippen LogP contribution in [0, 0.1) is 5.82 Å². The molecular formula is C11H15FN2. The number of quaternary nitrogens is 1. The number of rotatable bonds is 1. The lowest BCUT2D eigenvalue weighted by atomic mass is 10.2. The molecule has 14 heavy (non-hydrogen) atoms. The molecule has 0 bridgehead atoms. The highest BCUT2D eigenvalue weighted by atomic mass is 18.2. The van der Waals surface area contributed by atoms with Crippen molar-refractivity contribution < 1.29 is 4.39 Å². The molecule has 0 radical (unpaired) electrons. The van der Waals surface area contributed by atoms with Gasteiger partial charge in [0.05, 0.1) is 20.1 Å². The zero-order valence-electron chi connectivity index (χ0n) is 8.41. The largest absolute Gasteiger partial charge is 0.653 e.